The van der Waals surface area contributed by atoms with Gasteiger partial charge in [-0.1, -0.05) is 176 Å². The third-order valence-corrected chi connectivity index (χ3v) is 14.8. The lowest BCUT2D eigenvalue weighted by Gasteiger charge is -2.27. The topological polar surface area (TPSA) is 16.3 Å². The van der Waals surface area contributed by atoms with Crippen LogP contribution in [-0.4, -0.2) is 9.13 Å². The molecule has 2 aromatic heterocycles. The summed E-state index contributed by atoms with van der Waals surface area (Å²) in [7, 11) is 0. The van der Waals surface area contributed by atoms with Crippen LogP contribution in [-0.2, 0) is 0 Å². The van der Waals surface area contributed by atoms with E-state index in [1.54, 1.807) is 0 Å². The molecule has 13 rings (SSSR count). The normalized spacial score (nSPS) is 11.8. The van der Waals surface area contributed by atoms with Crippen molar-refractivity contribution in [1.82, 2.24) is 9.13 Å². The van der Waals surface area contributed by atoms with Crippen LogP contribution in [0.25, 0.3) is 88.4 Å². The standard InChI is InChI=1S/C72H54N4/c1-3-18-57(4-2)75-69-27-16-14-25-65(69)67-49-63(45-47-71(67)75)73(59-37-29-53(30-38-59)51-19-8-5-9-20-51)61-41-33-55(34-42-61)56-35-43-62(44-36-56)74(60-39-31-54(32-40-60)52-21-10-6-11-22-52)64-46-48-72-68(50-64)66-26-15-17-28-70(66)76(72)58-23-12-7-13-24-58/h3-50H,1-2H3/b18-3-,57-4+. The lowest BCUT2D eigenvalue weighted by Crippen LogP contribution is -2.10. The maximum Gasteiger partial charge on any atom is 0.0542 e. The lowest BCUT2D eigenvalue weighted by molar-refractivity contribution is 1.18. The second-order valence-electron chi connectivity index (χ2n) is 19.2. The minimum Gasteiger partial charge on any atom is -0.310 e. The first-order valence-corrected chi connectivity index (χ1v) is 26.1. The van der Waals surface area contributed by atoms with Gasteiger partial charge in [0, 0.05) is 67.1 Å². The molecule has 0 saturated heterocycles. The molecule has 0 aliphatic carbocycles. The average Bonchev–Trinajstić information content (AvgIpc) is 4.03. The van der Waals surface area contributed by atoms with Crippen LogP contribution in [0.5, 0.6) is 0 Å². The van der Waals surface area contributed by atoms with Crippen molar-refractivity contribution in [3.8, 4) is 39.1 Å². The zero-order valence-corrected chi connectivity index (χ0v) is 42.5. The van der Waals surface area contributed by atoms with E-state index in [9.17, 15) is 0 Å². The zero-order valence-electron chi connectivity index (χ0n) is 42.5. The van der Waals surface area contributed by atoms with Crippen molar-refractivity contribution in [1.29, 1.82) is 0 Å². The summed E-state index contributed by atoms with van der Waals surface area (Å²) in [5, 5.41) is 4.86. The Morgan fingerprint density at radius 1 is 0.303 bits per heavy atom. The lowest BCUT2D eigenvalue weighted by atomic mass is 10.0. The molecule has 0 amide bonds. The highest BCUT2D eigenvalue weighted by Gasteiger charge is 2.20. The van der Waals surface area contributed by atoms with Crippen LogP contribution in [0, 0.1) is 0 Å². The van der Waals surface area contributed by atoms with Crippen LogP contribution in [0.2, 0.25) is 0 Å². The first kappa shape index (κ1) is 45.9. The molecule has 0 aliphatic heterocycles. The zero-order chi connectivity index (χ0) is 51.0. The van der Waals surface area contributed by atoms with Crippen LogP contribution in [0.4, 0.5) is 34.1 Å². The molecule has 0 unspecified atom stereocenters. The van der Waals surface area contributed by atoms with Gasteiger partial charge in [0.15, 0.2) is 0 Å². The van der Waals surface area contributed by atoms with Gasteiger partial charge in [0.2, 0.25) is 0 Å². The number of anilines is 6. The SMILES string of the molecule is C/C=C\C(=C/C)n1c2ccccc2c2cc(N(c3ccc(-c4ccccc4)cc3)c3ccc(-c4ccc(N(c5ccc(-c6ccccc6)cc5)c5ccc6c(c5)c5ccccc5n6-c5ccccc5)cc4)cc3)ccc21. The second-order valence-corrected chi connectivity index (χ2v) is 19.2. The first-order valence-electron chi connectivity index (χ1n) is 26.1. The van der Waals surface area contributed by atoms with E-state index < -0.39 is 0 Å². The summed E-state index contributed by atoms with van der Waals surface area (Å²) in [5.74, 6) is 0. The molecule has 0 spiro atoms. The summed E-state index contributed by atoms with van der Waals surface area (Å²) >= 11 is 0. The van der Waals surface area contributed by atoms with Gasteiger partial charge in [-0.2, -0.15) is 0 Å². The van der Waals surface area contributed by atoms with E-state index in [4.69, 9.17) is 0 Å². The van der Waals surface area contributed by atoms with Crippen molar-refractivity contribution >= 4 is 83.4 Å². The van der Waals surface area contributed by atoms with Gasteiger partial charge in [-0.05, 0) is 162 Å². The van der Waals surface area contributed by atoms with Crippen LogP contribution < -0.4 is 9.80 Å². The Labute approximate surface area is 444 Å². The van der Waals surface area contributed by atoms with Crippen LogP contribution in [0.15, 0.2) is 291 Å². The number of rotatable bonds is 12. The Bertz CT molecular complexity index is 4240. The smallest absolute Gasteiger partial charge is 0.0542 e. The predicted octanol–water partition coefficient (Wildman–Crippen LogP) is 20.3. The Hall–Kier alpha value is -9.90. The van der Waals surface area contributed by atoms with Crippen molar-refractivity contribution < 1.29 is 0 Å². The molecule has 0 fully saturated rings. The molecule has 2 heterocycles. The molecule has 0 radical (unpaired) electrons. The number of nitrogens with zero attached hydrogens (tertiary/aromatic N) is 4. The summed E-state index contributed by atoms with van der Waals surface area (Å²) < 4.78 is 4.75. The number of hydrogen-bond donors (Lipinski definition) is 0. The van der Waals surface area contributed by atoms with E-state index in [1.165, 1.54) is 65.9 Å². The fraction of sp³-hybridized carbons (Fsp3) is 0.0278. The molecule has 0 N–H and O–H groups in total. The van der Waals surface area contributed by atoms with E-state index >= 15 is 0 Å². The Balaban J connectivity index is 0.883. The van der Waals surface area contributed by atoms with E-state index in [-0.39, 0.29) is 0 Å². The largest absolute Gasteiger partial charge is 0.310 e. The van der Waals surface area contributed by atoms with Gasteiger partial charge in [0.25, 0.3) is 0 Å². The van der Waals surface area contributed by atoms with Crippen molar-refractivity contribution in [3.63, 3.8) is 0 Å². The number of aromatic nitrogens is 2. The number of hydrogen-bond acceptors (Lipinski definition) is 2. The second kappa shape index (κ2) is 19.8. The Kier molecular flexibility index (Phi) is 12.0. The van der Waals surface area contributed by atoms with Crippen molar-refractivity contribution in [2.75, 3.05) is 9.80 Å². The highest BCUT2D eigenvalue weighted by Crippen LogP contribution is 2.43. The summed E-state index contributed by atoms with van der Waals surface area (Å²) in [5.41, 5.74) is 20.6. The molecule has 362 valence electrons. The quantitative estimate of drug-likeness (QED) is 0.113. The number of para-hydroxylation sites is 3. The van der Waals surface area contributed by atoms with E-state index in [1.807, 2.05) is 0 Å². The molecule has 4 nitrogen and oxygen atoms in total. The van der Waals surface area contributed by atoms with Gasteiger partial charge in [-0.25, -0.2) is 0 Å². The maximum absolute atomic E-state index is 2.38. The summed E-state index contributed by atoms with van der Waals surface area (Å²) in [6, 6.07) is 99.1. The highest BCUT2D eigenvalue weighted by atomic mass is 15.1. The maximum atomic E-state index is 2.38. The fourth-order valence-electron chi connectivity index (χ4n) is 11.2. The summed E-state index contributed by atoms with van der Waals surface area (Å²) in [6.07, 6.45) is 6.48. The van der Waals surface area contributed by atoms with E-state index in [2.05, 4.69) is 324 Å². The Morgan fingerprint density at radius 2 is 0.632 bits per heavy atom. The van der Waals surface area contributed by atoms with Gasteiger partial charge in [0.1, 0.15) is 0 Å². The Morgan fingerprint density at radius 3 is 1.08 bits per heavy atom. The van der Waals surface area contributed by atoms with Crippen molar-refractivity contribution in [2.24, 2.45) is 0 Å². The molecular formula is C72H54N4. The first-order chi connectivity index (χ1) is 37.6. The molecule has 4 heteroatoms. The molecule has 0 atom stereocenters. The van der Waals surface area contributed by atoms with Gasteiger partial charge in [-0.3, -0.25) is 0 Å². The fourth-order valence-corrected chi connectivity index (χ4v) is 11.2. The minimum atomic E-state index is 1.08. The van der Waals surface area contributed by atoms with Gasteiger partial charge < -0.3 is 18.9 Å². The molecular weight excluding hydrogens is 921 g/mol. The van der Waals surface area contributed by atoms with Crippen LogP contribution in [0.1, 0.15) is 13.8 Å². The predicted molar refractivity (Wildman–Crippen MR) is 324 cm³/mol. The number of benzene rings is 11. The van der Waals surface area contributed by atoms with Crippen LogP contribution >= 0.6 is 0 Å². The highest BCUT2D eigenvalue weighted by molar-refractivity contribution is 6.12. The third-order valence-electron chi connectivity index (χ3n) is 14.8. The van der Waals surface area contributed by atoms with E-state index in [0.717, 1.165) is 56.6 Å². The molecule has 76 heavy (non-hydrogen) atoms. The molecule has 11 aromatic carbocycles. The molecule has 13 aromatic rings. The summed E-state index contributed by atoms with van der Waals surface area (Å²) in [6.45, 7) is 4.19. The van der Waals surface area contributed by atoms with Gasteiger partial charge in [0.05, 0.1) is 22.1 Å². The van der Waals surface area contributed by atoms with Crippen LogP contribution in [0.3, 0.4) is 0 Å². The third kappa shape index (κ3) is 8.32. The van der Waals surface area contributed by atoms with E-state index in [0.29, 0.717) is 0 Å². The number of fused-ring (bicyclic) bond motifs is 6. The molecule has 0 saturated carbocycles. The molecule has 0 aliphatic rings. The van der Waals surface area contributed by atoms with Gasteiger partial charge in [-0.15, -0.1) is 0 Å². The van der Waals surface area contributed by atoms with Crippen molar-refractivity contribution in [2.45, 2.75) is 13.8 Å². The minimum absolute atomic E-state index is 1.08. The number of allylic oxidation sites excluding steroid dienone is 4. The summed E-state index contributed by atoms with van der Waals surface area (Å²) in [4.78, 5) is 4.76. The van der Waals surface area contributed by atoms with Crippen molar-refractivity contribution in [3.05, 3.63) is 291 Å². The average molecular weight is 975 g/mol. The molecule has 0 bridgehead atoms. The van der Waals surface area contributed by atoms with Gasteiger partial charge >= 0.3 is 0 Å². The monoisotopic (exact) mass is 974 g/mol.